The molecule has 2 N–H and O–H groups in total. The van der Waals surface area contributed by atoms with E-state index in [2.05, 4.69) is 15.5 Å². The number of nitro benzene ring substituents is 1. The van der Waals surface area contributed by atoms with Crippen LogP contribution in [0, 0.1) is 10.1 Å². The van der Waals surface area contributed by atoms with Gasteiger partial charge in [0.05, 0.1) is 22.7 Å². The van der Waals surface area contributed by atoms with Crippen molar-refractivity contribution in [1.29, 1.82) is 0 Å². The van der Waals surface area contributed by atoms with E-state index in [0.717, 1.165) is 17.7 Å². The number of hydrogen-bond donors (Lipinski definition) is 2. The van der Waals surface area contributed by atoms with Gasteiger partial charge in [0.1, 0.15) is 5.69 Å². The summed E-state index contributed by atoms with van der Waals surface area (Å²) in [6.45, 7) is 1.71. The van der Waals surface area contributed by atoms with Crippen LogP contribution < -0.4 is 5.32 Å². The third-order valence-corrected chi connectivity index (χ3v) is 2.91. The molecule has 0 aliphatic rings. The summed E-state index contributed by atoms with van der Waals surface area (Å²) in [7, 11) is 0. The summed E-state index contributed by atoms with van der Waals surface area (Å²) in [6.07, 6.45) is -1.51. The zero-order valence-electron chi connectivity index (χ0n) is 10.8. The lowest BCUT2D eigenvalue weighted by molar-refractivity contribution is -0.384. The number of nitrogens with one attached hydrogen (secondary N) is 2. The molecule has 1 aromatic carbocycles. The van der Waals surface area contributed by atoms with Crippen molar-refractivity contribution in [3.8, 4) is 0 Å². The molecule has 1 unspecified atom stereocenters. The maximum absolute atomic E-state index is 12.6. The summed E-state index contributed by atoms with van der Waals surface area (Å²) >= 11 is 0. The van der Waals surface area contributed by atoms with E-state index in [-0.39, 0.29) is 11.7 Å². The standard InChI is InChI=1S/C12H11F3N4O2/c1-7(8-5-16-17-6-8)18-10-3-2-9(12(13,14)15)4-11(10)19(20)21/h2-7,18H,1H3,(H,16,17). The molecule has 0 fully saturated rings. The molecule has 1 atom stereocenters. The molecule has 2 rings (SSSR count). The van der Waals surface area contributed by atoms with Gasteiger partial charge in [0.2, 0.25) is 0 Å². The highest BCUT2D eigenvalue weighted by Crippen LogP contribution is 2.36. The maximum Gasteiger partial charge on any atom is 0.416 e. The van der Waals surface area contributed by atoms with Crippen LogP contribution in [0.15, 0.2) is 30.6 Å². The van der Waals surface area contributed by atoms with E-state index < -0.39 is 22.4 Å². The van der Waals surface area contributed by atoms with Gasteiger partial charge in [-0.2, -0.15) is 18.3 Å². The lowest BCUT2D eigenvalue weighted by Crippen LogP contribution is -2.10. The van der Waals surface area contributed by atoms with E-state index in [1.165, 1.54) is 6.20 Å². The lowest BCUT2D eigenvalue weighted by atomic mass is 10.1. The SMILES string of the molecule is CC(Nc1ccc(C(F)(F)F)cc1[N+](=O)[O-])c1cn[nH]c1. The van der Waals surface area contributed by atoms with Crippen LogP contribution in [0.25, 0.3) is 0 Å². The van der Waals surface area contributed by atoms with Gasteiger partial charge in [-0.1, -0.05) is 0 Å². The number of nitro groups is 1. The van der Waals surface area contributed by atoms with Gasteiger partial charge in [-0.25, -0.2) is 0 Å². The molecule has 0 radical (unpaired) electrons. The van der Waals surface area contributed by atoms with Crippen LogP contribution in [0.3, 0.4) is 0 Å². The predicted octanol–water partition coefficient (Wildman–Crippen LogP) is 3.51. The Morgan fingerprint density at radius 2 is 2.14 bits per heavy atom. The highest BCUT2D eigenvalue weighted by molar-refractivity contribution is 5.63. The summed E-state index contributed by atoms with van der Waals surface area (Å²) in [5.74, 6) is 0. The monoisotopic (exact) mass is 300 g/mol. The Balaban J connectivity index is 2.33. The Labute approximate surface area is 117 Å². The first-order valence-electron chi connectivity index (χ1n) is 5.90. The van der Waals surface area contributed by atoms with E-state index in [9.17, 15) is 23.3 Å². The number of aromatic nitrogens is 2. The number of hydrogen-bond acceptors (Lipinski definition) is 4. The van der Waals surface area contributed by atoms with E-state index in [1.807, 2.05) is 0 Å². The fraction of sp³-hybridized carbons (Fsp3) is 0.250. The highest BCUT2D eigenvalue weighted by Gasteiger charge is 2.33. The van der Waals surface area contributed by atoms with Crippen LogP contribution in [0.5, 0.6) is 0 Å². The van der Waals surface area contributed by atoms with E-state index in [1.54, 1.807) is 13.1 Å². The van der Waals surface area contributed by atoms with Crippen LogP contribution >= 0.6 is 0 Å². The van der Waals surface area contributed by atoms with Gasteiger partial charge in [0.15, 0.2) is 0 Å². The highest BCUT2D eigenvalue weighted by atomic mass is 19.4. The summed E-state index contributed by atoms with van der Waals surface area (Å²) in [4.78, 5) is 10.1. The first-order chi connectivity index (χ1) is 9.79. The number of H-pyrrole nitrogens is 1. The second kappa shape index (κ2) is 5.43. The fourth-order valence-corrected chi connectivity index (χ4v) is 1.80. The first kappa shape index (κ1) is 14.8. The van der Waals surface area contributed by atoms with Crippen molar-refractivity contribution in [3.63, 3.8) is 0 Å². The largest absolute Gasteiger partial charge is 0.416 e. The predicted molar refractivity (Wildman–Crippen MR) is 68.7 cm³/mol. The van der Waals surface area contributed by atoms with Crippen LogP contribution in [0.4, 0.5) is 24.5 Å². The van der Waals surface area contributed by atoms with Gasteiger partial charge in [0.25, 0.3) is 5.69 Å². The molecule has 0 spiro atoms. The minimum Gasteiger partial charge on any atom is -0.373 e. The Bertz CT molecular complexity index is 640. The normalized spacial score (nSPS) is 13.0. The van der Waals surface area contributed by atoms with Crippen LogP contribution in [-0.2, 0) is 6.18 Å². The average Bonchev–Trinajstić information content (AvgIpc) is 2.91. The van der Waals surface area contributed by atoms with Crippen LogP contribution in [0.1, 0.15) is 24.1 Å². The van der Waals surface area contributed by atoms with Crippen molar-refractivity contribution < 1.29 is 18.1 Å². The van der Waals surface area contributed by atoms with Crippen molar-refractivity contribution in [2.24, 2.45) is 0 Å². The second-order valence-electron chi connectivity index (χ2n) is 4.38. The van der Waals surface area contributed by atoms with Gasteiger partial charge >= 0.3 is 6.18 Å². The van der Waals surface area contributed by atoms with Crippen molar-refractivity contribution in [2.75, 3.05) is 5.32 Å². The summed E-state index contributed by atoms with van der Waals surface area (Å²) < 4.78 is 37.8. The van der Waals surface area contributed by atoms with Gasteiger partial charge in [-0.05, 0) is 19.1 Å². The maximum atomic E-state index is 12.6. The molecule has 6 nitrogen and oxygen atoms in total. The van der Waals surface area contributed by atoms with E-state index >= 15 is 0 Å². The number of nitrogens with zero attached hydrogens (tertiary/aromatic N) is 2. The van der Waals surface area contributed by atoms with Crippen LogP contribution in [-0.4, -0.2) is 15.1 Å². The molecule has 2 aromatic rings. The summed E-state index contributed by atoms with van der Waals surface area (Å²) in [5, 5.41) is 20.1. The minimum atomic E-state index is -4.63. The summed E-state index contributed by atoms with van der Waals surface area (Å²) in [5.41, 5.74) is -0.943. The molecule has 0 saturated heterocycles. The Hall–Kier alpha value is -2.58. The smallest absolute Gasteiger partial charge is 0.373 e. The van der Waals surface area contributed by atoms with Crippen molar-refractivity contribution in [3.05, 3.63) is 51.8 Å². The number of anilines is 1. The molecule has 9 heteroatoms. The van der Waals surface area contributed by atoms with E-state index in [4.69, 9.17) is 0 Å². The fourth-order valence-electron chi connectivity index (χ4n) is 1.80. The van der Waals surface area contributed by atoms with Crippen molar-refractivity contribution >= 4 is 11.4 Å². The minimum absolute atomic E-state index is 0.0155. The Morgan fingerprint density at radius 3 is 2.67 bits per heavy atom. The zero-order valence-corrected chi connectivity index (χ0v) is 10.8. The molecular weight excluding hydrogens is 289 g/mol. The molecular formula is C12H11F3N4O2. The number of rotatable bonds is 4. The van der Waals surface area contributed by atoms with Gasteiger partial charge in [0, 0.05) is 17.8 Å². The van der Waals surface area contributed by atoms with E-state index in [0.29, 0.717) is 6.07 Å². The number of benzene rings is 1. The molecule has 1 heterocycles. The molecule has 0 aliphatic carbocycles. The third-order valence-electron chi connectivity index (χ3n) is 2.91. The second-order valence-corrected chi connectivity index (χ2v) is 4.38. The zero-order chi connectivity index (χ0) is 15.6. The Morgan fingerprint density at radius 1 is 1.43 bits per heavy atom. The average molecular weight is 300 g/mol. The number of halogens is 3. The molecule has 21 heavy (non-hydrogen) atoms. The quantitative estimate of drug-likeness (QED) is 0.668. The van der Waals surface area contributed by atoms with Crippen LogP contribution in [0.2, 0.25) is 0 Å². The Kier molecular flexibility index (Phi) is 3.83. The first-order valence-corrected chi connectivity index (χ1v) is 5.90. The molecule has 112 valence electrons. The molecule has 0 amide bonds. The van der Waals surface area contributed by atoms with Crippen molar-refractivity contribution in [1.82, 2.24) is 10.2 Å². The molecule has 0 aliphatic heterocycles. The summed E-state index contributed by atoms with van der Waals surface area (Å²) in [6, 6.07) is 2.03. The van der Waals surface area contributed by atoms with Gasteiger partial charge < -0.3 is 5.32 Å². The molecule has 1 aromatic heterocycles. The topological polar surface area (TPSA) is 83.8 Å². The lowest BCUT2D eigenvalue weighted by Gasteiger charge is -2.15. The third kappa shape index (κ3) is 3.30. The number of aromatic amines is 1. The van der Waals surface area contributed by atoms with Gasteiger partial charge in [-0.15, -0.1) is 0 Å². The molecule has 0 saturated carbocycles. The van der Waals surface area contributed by atoms with Gasteiger partial charge in [-0.3, -0.25) is 15.2 Å². The molecule has 0 bridgehead atoms. The number of alkyl halides is 3. The van der Waals surface area contributed by atoms with Crippen molar-refractivity contribution in [2.45, 2.75) is 19.1 Å².